The van der Waals surface area contributed by atoms with Gasteiger partial charge in [-0.2, -0.15) is 11.8 Å². The van der Waals surface area contributed by atoms with E-state index in [9.17, 15) is 4.39 Å². The molecule has 5 heteroatoms. The van der Waals surface area contributed by atoms with Crippen LogP contribution in [0.25, 0.3) is 0 Å². The molecule has 0 radical (unpaired) electrons. The maximum atomic E-state index is 13.7. The molecule has 0 spiro atoms. The second-order valence-electron chi connectivity index (χ2n) is 4.40. The summed E-state index contributed by atoms with van der Waals surface area (Å²) in [6.07, 6.45) is 3.80. The molecule has 98 valence electrons. The number of rotatable bonds is 4. The predicted octanol–water partition coefficient (Wildman–Crippen LogP) is 3.16. The fourth-order valence-electron chi connectivity index (χ4n) is 2.11. The Morgan fingerprint density at radius 3 is 3.00 bits per heavy atom. The molecule has 1 unspecified atom stereocenters. The van der Waals surface area contributed by atoms with Crippen molar-refractivity contribution in [3.63, 3.8) is 0 Å². The van der Waals surface area contributed by atoms with Gasteiger partial charge < -0.3 is 11.1 Å². The van der Waals surface area contributed by atoms with Gasteiger partial charge in [-0.15, -0.1) is 0 Å². The first-order valence-corrected chi connectivity index (χ1v) is 7.58. The number of anilines is 1. The first-order valence-electron chi connectivity index (χ1n) is 6.12. The van der Waals surface area contributed by atoms with Gasteiger partial charge in [-0.05, 0) is 30.7 Å². The number of halogens is 1. The summed E-state index contributed by atoms with van der Waals surface area (Å²) in [7, 11) is 0. The van der Waals surface area contributed by atoms with Crippen LogP contribution in [0.3, 0.4) is 0 Å². The second-order valence-corrected chi connectivity index (χ2v) is 6.24. The topological polar surface area (TPSA) is 38.0 Å². The van der Waals surface area contributed by atoms with Crippen molar-refractivity contribution < 1.29 is 4.39 Å². The molecule has 2 nitrogen and oxygen atoms in total. The van der Waals surface area contributed by atoms with Gasteiger partial charge in [0.15, 0.2) is 0 Å². The summed E-state index contributed by atoms with van der Waals surface area (Å²) in [4.78, 5) is 0.104. The normalized spacial score (nSPS) is 19.5. The molecule has 0 bridgehead atoms. The zero-order chi connectivity index (χ0) is 13.0. The SMILES string of the molecule is NC(=S)c1c(F)cccc1NCC1CCCCS1. The van der Waals surface area contributed by atoms with Crippen molar-refractivity contribution in [2.75, 3.05) is 17.6 Å². The minimum absolute atomic E-state index is 0.104. The van der Waals surface area contributed by atoms with Crippen molar-refractivity contribution in [1.29, 1.82) is 0 Å². The van der Waals surface area contributed by atoms with Gasteiger partial charge >= 0.3 is 0 Å². The summed E-state index contributed by atoms with van der Waals surface area (Å²) in [5.74, 6) is 0.862. The van der Waals surface area contributed by atoms with E-state index in [0.29, 0.717) is 16.5 Å². The maximum absolute atomic E-state index is 13.7. The summed E-state index contributed by atoms with van der Waals surface area (Å²) >= 11 is 6.88. The third kappa shape index (κ3) is 3.36. The number of benzene rings is 1. The van der Waals surface area contributed by atoms with Crippen LogP contribution in [0.5, 0.6) is 0 Å². The molecule has 0 aliphatic carbocycles. The quantitative estimate of drug-likeness (QED) is 0.833. The van der Waals surface area contributed by atoms with E-state index in [1.165, 1.54) is 31.1 Å². The Labute approximate surface area is 117 Å². The molecule has 3 N–H and O–H groups in total. The van der Waals surface area contributed by atoms with Crippen LogP contribution >= 0.6 is 24.0 Å². The Bertz CT molecular complexity index is 431. The van der Waals surface area contributed by atoms with Crippen LogP contribution in [0, 0.1) is 5.82 Å². The van der Waals surface area contributed by atoms with E-state index in [0.717, 1.165) is 6.54 Å². The molecule has 18 heavy (non-hydrogen) atoms. The summed E-state index contributed by atoms with van der Waals surface area (Å²) < 4.78 is 13.7. The average molecular weight is 284 g/mol. The summed E-state index contributed by atoms with van der Waals surface area (Å²) in [5, 5.41) is 3.88. The van der Waals surface area contributed by atoms with Gasteiger partial charge in [0.25, 0.3) is 0 Å². The minimum atomic E-state index is -0.358. The van der Waals surface area contributed by atoms with Crippen molar-refractivity contribution in [1.82, 2.24) is 0 Å². The Hall–Kier alpha value is -0.810. The van der Waals surface area contributed by atoms with E-state index in [-0.39, 0.29) is 10.8 Å². The number of thioether (sulfide) groups is 1. The van der Waals surface area contributed by atoms with Crippen molar-refractivity contribution in [3.05, 3.63) is 29.6 Å². The van der Waals surface area contributed by atoms with Gasteiger partial charge in [-0.25, -0.2) is 4.39 Å². The lowest BCUT2D eigenvalue weighted by Crippen LogP contribution is -2.22. The molecule has 1 fully saturated rings. The third-order valence-corrected chi connectivity index (χ3v) is 4.66. The molecule has 1 aromatic rings. The van der Waals surface area contributed by atoms with Crippen LogP contribution in [0.4, 0.5) is 10.1 Å². The van der Waals surface area contributed by atoms with Crippen molar-refractivity contribution in [2.24, 2.45) is 5.73 Å². The second kappa shape index (κ2) is 6.38. The molecule has 1 saturated heterocycles. The molecule has 1 aromatic carbocycles. The lowest BCUT2D eigenvalue weighted by Gasteiger charge is -2.22. The first kappa shape index (κ1) is 13.6. The lowest BCUT2D eigenvalue weighted by atomic mass is 10.1. The van der Waals surface area contributed by atoms with Gasteiger partial charge in [-0.3, -0.25) is 0 Å². The highest BCUT2D eigenvalue weighted by Crippen LogP contribution is 2.26. The van der Waals surface area contributed by atoms with E-state index in [2.05, 4.69) is 5.32 Å². The van der Waals surface area contributed by atoms with Crippen LogP contribution in [0.2, 0.25) is 0 Å². The summed E-state index contributed by atoms with van der Waals surface area (Å²) in [5.41, 5.74) is 6.60. The van der Waals surface area contributed by atoms with Crippen LogP contribution in [-0.4, -0.2) is 22.5 Å². The third-order valence-electron chi connectivity index (χ3n) is 3.05. The van der Waals surface area contributed by atoms with E-state index < -0.39 is 0 Å². The van der Waals surface area contributed by atoms with Crippen LogP contribution in [0.1, 0.15) is 24.8 Å². The number of thiocarbonyl (C=S) groups is 1. The highest BCUT2D eigenvalue weighted by molar-refractivity contribution is 7.99. The van der Waals surface area contributed by atoms with Crippen LogP contribution in [-0.2, 0) is 0 Å². The fraction of sp³-hybridized carbons (Fsp3) is 0.462. The van der Waals surface area contributed by atoms with E-state index in [1.54, 1.807) is 6.07 Å². The minimum Gasteiger partial charge on any atom is -0.389 e. The van der Waals surface area contributed by atoms with E-state index in [1.807, 2.05) is 17.8 Å². The van der Waals surface area contributed by atoms with Crippen molar-refractivity contribution in [2.45, 2.75) is 24.5 Å². The van der Waals surface area contributed by atoms with Gasteiger partial charge in [-0.1, -0.05) is 24.7 Å². The predicted molar refractivity (Wildman–Crippen MR) is 80.9 cm³/mol. The Morgan fingerprint density at radius 2 is 2.33 bits per heavy atom. The first-order chi connectivity index (χ1) is 8.68. The molecule has 1 heterocycles. The van der Waals surface area contributed by atoms with E-state index in [4.69, 9.17) is 18.0 Å². The molecule has 1 aliphatic heterocycles. The Morgan fingerprint density at radius 1 is 1.50 bits per heavy atom. The number of hydrogen-bond acceptors (Lipinski definition) is 3. The highest BCUT2D eigenvalue weighted by Gasteiger charge is 2.15. The average Bonchev–Trinajstić information content (AvgIpc) is 2.37. The molecule has 1 aliphatic rings. The largest absolute Gasteiger partial charge is 0.389 e. The Kier molecular flexibility index (Phi) is 4.83. The van der Waals surface area contributed by atoms with Crippen LogP contribution in [0.15, 0.2) is 18.2 Å². The zero-order valence-electron chi connectivity index (χ0n) is 10.1. The molecular weight excluding hydrogens is 267 g/mol. The zero-order valence-corrected chi connectivity index (χ0v) is 11.7. The molecule has 0 amide bonds. The Balaban J connectivity index is 2.04. The maximum Gasteiger partial charge on any atom is 0.135 e. The van der Waals surface area contributed by atoms with Gasteiger partial charge in [0.1, 0.15) is 10.8 Å². The molecule has 1 atom stereocenters. The van der Waals surface area contributed by atoms with Crippen LogP contribution < -0.4 is 11.1 Å². The van der Waals surface area contributed by atoms with Gasteiger partial charge in [0.2, 0.25) is 0 Å². The molecule has 0 saturated carbocycles. The van der Waals surface area contributed by atoms with Gasteiger partial charge in [0, 0.05) is 17.5 Å². The van der Waals surface area contributed by atoms with Crippen molar-refractivity contribution >= 4 is 34.7 Å². The number of hydrogen-bond donors (Lipinski definition) is 2. The molecule has 0 aromatic heterocycles. The number of nitrogens with one attached hydrogen (secondary N) is 1. The highest BCUT2D eigenvalue weighted by atomic mass is 32.2. The van der Waals surface area contributed by atoms with Gasteiger partial charge in [0.05, 0.1) is 5.56 Å². The summed E-state index contributed by atoms with van der Waals surface area (Å²) in [6.45, 7) is 0.837. The van der Waals surface area contributed by atoms with E-state index >= 15 is 0 Å². The van der Waals surface area contributed by atoms with Crippen molar-refractivity contribution in [3.8, 4) is 0 Å². The lowest BCUT2D eigenvalue weighted by molar-refractivity contribution is 0.625. The molecule has 2 rings (SSSR count). The number of nitrogens with two attached hydrogens (primary N) is 1. The smallest absolute Gasteiger partial charge is 0.135 e. The fourth-order valence-corrected chi connectivity index (χ4v) is 3.56. The standard InChI is InChI=1S/C13H17FN2S2/c14-10-5-3-6-11(12(10)13(15)17)16-8-9-4-1-2-7-18-9/h3,5-6,9,16H,1-2,4,7-8H2,(H2,15,17). The summed E-state index contributed by atoms with van der Waals surface area (Å²) in [6, 6.07) is 4.88. The molecular formula is C13H17FN2S2. The monoisotopic (exact) mass is 284 g/mol.